The highest BCUT2D eigenvalue weighted by atomic mass is 16.3. The lowest BCUT2D eigenvalue weighted by Crippen LogP contribution is -2.40. The number of nitrogens with one attached hydrogen (secondary N) is 1. The number of phenols is 2. The van der Waals surface area contributed by atoms with E-state index in [2.05, 4.69) is 17.1 Å². The van der Waals surface area contributed by atoms with Gasteiger partial charge in [0.15, 0.2) is 0 Å². The monoisotopic (exact) mass is 290 g/mol. The van der Waals surface area contributed by atoms with Gasteiger partial charge in [0, 0.05) is 24.2 Å². The summed E-state index contributed by atoms with van der Waals surface area (Å²) in [6.45, 7) is 5.46. The highest BCUT2D eigenvalue weighted by molar-refractivity contribution is 5.40. The molecule has 3 N–H and O–H groups in total. The second kappa shape index (κ2) is 6.24. The normalized spacial score (nSPS) is 24.2. The third kappa shape index (κ3) is 3.50. The molecule has 4 heteroatoms. The Kier molecular flexibility index (Phi) is 4.36. The summed E-state index contributed by atoms with van der Waals surface area (Å²) in [5.41, 5.74) is 0.839. The van der Waals surface area contributed by atoms with Gasteiger partial charge in [-0.05, 0) is 69.8 Å². The molecule has 0 aromatic heterocycles. The van der Waals surface area contributed by atoms with Crippen LogP contribution in [0.25, 0.3) is 0 Å². The summed E-state index contributed by atoms with van der Waals surface area (Å²) in [4.78, 5) is 2.52. The molecular formula is C17H26N2O2. The Morgan fingerprint density at radius 3 is 2.76 bits per heavy atom. The van der Waals surface area contributed by atoms with Crippen LogP contribution >= 0.6 is 0 Å². The highest BCUT2D eigenvalue weighted by Crippen LogP contribution is 2.39. The summed E-state index contributed by atoms with van der Waals surface area (Å²) in [5, 5.41) is 23.3. The summed E-state index contributed by atoms with van der Waals surface area (Å²) < 4.78 is 0. The van der Waals surface area contributed by atoms with Crippen LogP contribution in [0, 0.1) is 5.92 Å². The van der Waals surface area contributed by atoms with Crippen molar-refractivity contribution in [2.45, 2.75) is 44.7 Å². The molecule has 21 heavy (non-hydrogen) atoms. The Bertz CT molecular complexity index is 482. The highest BCUT2D eigenvalue weighted by Gasteiger charge is 2.35. The molecule has 4 nitrogen and oxygen atoms in total. The largest absolute Gasteiger partial charge is 0.508 e. The molecule has 1 aromatic rings. The summed E-state index contributed by atoms with van der Waals surface area (Å²) in [6.07, 6.45) is 5.05. The van der Waals surface area contributed by atoms with Gasteiger partial charge in [-0.15, -0.1) is 0 Å². The molecule has 3 rings (SSSR count). The maximum absolute atomic E-state index is 10.1. The Morgan fingerprint density at radius 1 is 1.29 bits per heavy atom. The number of nitrogens with zero attached hydrogens (tertiary/aromatic N) is 1. The number of piperidine rings is 1. The zero-order chi connectivity index (χ0) is 14.8. The molecule has 1 saturated carbocycles. The van der Waals surface area contributed by atoms with Gasteiger partial charge in [-0.2, -0.15) is 0 Å². The van der Waals surface area contributed by atoms with Crippen LogP contribution < -0.4 is 5.32 Å². The quantitative estimate of drug-likeness (QED) is 0.730. The van der Waals surface area contributed by atoms with E-state index in [1.807, 2.05) is 0 Å². The molecular weight excluding hydrogens is 264 g/mol. The lowest BCUT2D eigenvalue weighted by atomic mass is 9.97. The Balaban J connectivity index is 1.74. The molecule has 0 bridgehead atoms. The first-order valence-electron chi connectivity index (χ1n) is 8.13. The van der Waals surface area contributed by atoms with Crippen molar-refractivity contribution in [1.82, 2.24) is 10.2 Å². The predicted octanol–water partition coefficient (Wildman–Crippen LogP) is 2.62. The SMILES string of the molecule is CC(c1cc(O)ccc1O)N(CC1CCCNC1)C1CC1. The van der Waals surface area contributed by atoms with Gasteiger partial charge in [-0.25, -0.2) is 0 Å². The molecule has 0 spiro atoms. The van der Waals surface area contributed by atoms with Crippen molar-refractivity contribution >= 4 is 0 Å². The number of aromatic hydroxyl groups is 2. The van der Waals surface area contributed by atoms with Gasteiger partial charge in [-0.1, -0.05) is 0 Å². The van der Waals surface area contributed by atoms with E-state index in [4.69, 9.17) is 0 Å². The van der Waals surface area contributed by atoms with E-state index in [0.717, 1.165) is 25.2 Å². The molecule has 0 radical (unpaired) electrons. The average molecular weight is 290 g/mol. The van der Waals surface area contributed by atoms with E-state index in [0.29, 0.717) is 12.0 Å². The fourth-order valence-electron chi connectivity index (χ4n) is 3.46. The molecule has 2 unspecified atom stereocenters. The Morgan fingerprint density at radius 2 is 2.10 bits per heavy atom. The van der Waals surface area contributed by atoms with Gasteiger partial charge in [0.2, 0.25) is 0 Å². The van der Waals surface area contributed by atoms with Gasteiger partial charge in [0.25, 0.3) is 0 Å². The Labute approximate surface area is 126 Å². The first-order chi connectivity index (χ1) is 10.1. The van der Waals surface area contributed by atoms with E-state index in [-0.39, 0.29) is 17.5 Å². The smallest absolute Gasteiger partial charge is 0.120 e. The molecule has 2 fully saturated rings. The molecule has 116 valence electrons. The number of rotatable bonds is 5. The molecule has 2 aliphatic rings. The van der Waals surface area contributed by atoms with Gasteiger partial charge in [0.05, 0.1) is 0 Å². The lowest BCUT2D eigenvalue weighted by Gasteiger charge is -2.34. The van der Waals surface area contributed by atoms with Crippen LogP contribution in [0.1, 0.15) is 44.2 Å². The number of hydrogen-bond acceptors (Lipinski definition) is 4. The van der Waals surface area contributed by atoms with Crippen LogP contribution in [0.15, 0.2) is 18.2 Å². The predicted molar refractivity (Wildman–Crippen MR) is 83.5 cm³/mol. The minimum atomic E-state index is 0.145. The lowest BCUT2D eigenvalue weighted by molar-refractivity contribution is 0.152. The topological polar surface area (TPSA) is 55.7 Å². The summed E-state index contributed by atoms with van der Waals surface area (Å²) in [6, 6.07) is 5.62. The fraction of sp³-hybridized carbons (Fsp3) is 0.647. The zero-order valence-corrected chi connectivity index (χ0v) is 12.8. The van der Waals surface area contributed by atoms with Crippen molar-refractivity contribution in [1.29, 1.82) is 0 Å². The van der Waals surface area contributed by atoms with Crippen LogP contribution in [0.3, 0.4) is 0 Å². The van der Waals surface area contributed by atoms with E-state index in [1.165, 1.54) is 31.7 Å². The standard InChI is InChI=1S/C17H26N2O2/c1-12(16-9-15(20)6-7-17(16)21)19(14-4-5-14)11-13-3-2-8-18-10-13/h6-7,9,12-14,18,20-21H,2-5,8,10-11H2,1H3. The van der Waals surface area contributed by atoms with E-state index >= 15 is 0 Å². The second-order valence-corrected chi connectivity index (χ2v) is 6.56. The van der Waals surface area contributed by atoms with Crippen LogP contribution in [0.2, 0.25) is 0 Å². The molecule has 1 aliphatic heterocycles. The van der Waals surface area contributed by atoms with Crippen molar-refractivity contribution in [3.63, 3.8) is 0 Å². The second-order valence-electron chi connectivity index (χ2n) is 6.56. The zero-order valence-electron chi connectivity index (χ0n) is 12.8. The van der Waals surface area contributed by atoms with Crippen LogP contribution in [0.5, 0.6) is 11.5 Å². The van der Waals surface area contributed by atoms with Gasteiger partial charge < -0.3 is 15.5 Å². The van der Waals surface area contributed by atoms with E-state index in [9.17, 15) is 10.2 Å². The van der Waals surface area contributed by atoms with Crippen LogP contribution in [-0.4, -0.2) is 40.8 Å². The first kappa shape index (κ1) is 14.7. The van der Waals surface area contributed by atoms with E-state index in [1.54, 1.807) is 12.1 Å². The van der Waals surface area contributed by atoms with Gasteiger partial charge >= 0.3 is 0 Å². The third-order valence-corrected chi connectivity index (χ3v) is 4.84. The maximum atomic E-state index is 10.1. The molecule has 1 aromatic carbocycles. The van der Waals surface area contributed by atoms with E-state index < -0.39 is 0 Å². The fourth-order valence-corrected chi connectivity index (χ4v) is 3.46. The first-order valence-corrected chi connectivity index (χ1v) is 8.13. The van der Waals surface area contributed by atoms with Gasteiger partial charge in [0.1, 0.15) is 11.5 Å². The van der Waals surface area contributed by atoms with Crippen LogP contribution in [-0.2, 0) is 0 Å². The third-order valence-electron chi connectivity index (χ3n) is 4.84. The van der Waals surface area contributed by atoms with Crippen molar-refractivity contribution in [2.75, 3.05) is 19.6 Å². The molecule has 1 saturated heterocycles. The maximum Gasteiger partial charge on any atom is 0.120 e. The van der Waals surface area contributed by atoms with Gasteiger partial charge in [-0.3, -0.25) is 4.90 Å². The van der Waals surface area contributed by atoms with Crippen LogP contribution in [0.4, 0.5) is 0 Å². The van der Waals surface area contributed by atoms with Crippen molar-refractivity contribution in [2.24, 2.45) is 5.92 Å². The summed E-state index contributed by atoms with van der Waals surface area (Å²) >= 11 is 0. The summed E-state index contributed by atoms with van der Waals surface area (Å²) in [7, 11) is 0. The molecule has 1 aliphatic carbocycles. The number of benzene rings is 1. The molecule has 1 heterocycles. The summed E-state index contributed by atoms with van der Waals surface area (Å²) in [5.74, 6) is 1.21. The van der Waals surface area contributed by atoms with Crippen molar-refractivity contribution < 1.29 is 10.2 Å². The minimum Gasteiger partial charge on any atom is -0.508 e. The molecule has 0 amide bonds. The Hall–Kier alpha value is -1.26. The minimum absolute atomic E-state index is 0.145. The van der Waals surface area contributed by atoms with Crippen molar-refractivity contribution in [3.8, 4) is 11.5 Å². The number of phenolic OH excluding ortho intramolecular Hbond substituents is 2. The number of hydrogen-bond donors (Lipinski definition) is 3. The average Bonchev–Trinajstić information content (AvgIpc) is 3.32. The molecule has 2 atom stereocenters. The van der Waals surface area contributed by atoms with Crippen molar-refractivity contribution in [3.05, 3.63) is 23.8 Å².